The average Bonchev–Trinajstić information content (AvgIpc) is 3.01. The number of esters is 1. The maximum Gasteiger partial charge on any atom is 0.306 e. The number of ether oxygens (including phenoxy) is 2. The molecule has 258 valence electrons. The van der Waals surface area contributed by atoms with E-state index in [0.29, 0.717) is 19.6 Å². The van der Waals surface area contributed by atoms with Gasteiger partial charge in [0.2, 0.25) is 0 Å². The highest BCUT2D eigenvalue weighted by Gasteiger charge is 2.13. The molecule has 0 aromatic heterocycles. The van der Waals surface area contributed by atoms with Gasteiger partial charge in [0.25, 0.3) is 0 Å². The summed E-state index contributed by atoms with van der Waals surface area (Å²) in [6.07, 6.45) is 41.4. The summed E-state index contributed by atoms with van der Waals surface area (Å²) in [5.74, 6) is -0.194. The summed E-state index contributed by atoms with van der Waals surface area (Å²) in [7, 11) is 0. The SMILES string of the molecule is CCCCCCCCCCCCCCCCCCCC(=O)O[C@@H](CO)COCCCCCCCCCCCCCCCC. The zero-order chi connectivity index (χ0) is 31.3. The van der Waals surface area contributed by atoms with Crippen LogP contribution in [0.15, 0.2) is 0 Å². The van der Waals surface area contributed by atoms with Crippen molar-refractivity contribution in [1.29, 1.82) is 0 Å². The van der Waals surface area contributed by atoms with E-state index < -0.39 is 6.10 Å². The quantitative estimate of drug-likeness (QED) is 0.0561. The molecule has 0 spiro atoms. The van der Waals surface area contributed by atoms with Gasteiger partial charge in [-0.25, -0.2) is 0 Å². The first-order valence-electron chi connectivity index (χ1n) is 19.6. The molecule has 0 radical (unpaired) electrons. The lowest BCUT2D eigenvalue weighted by molar-refractivity contribution is -0.154. The predicted octanol–water partition coefficient (Wildman–Crippen LogP) is 12.4. The molecule has 1 atom stereocenters. The minimum atomic E-state index is -0.523. The molecule has 0 amide bonds. The average molecular weight is 611 g/mol. The highest BCUT2D eigenvalue weighted by atomic mass is 16.6. The number of hydrogen-bond acceptors (Lipinski definition) is 4. The Kier molecular flexibility index (Phi) is 37.0. The fourth-order valence-electron chi connectivity index (χ4n) is 5.98. The minimum Gasteiger partial charge on any atom is -0.457 e. The lowest BCUT2D eigenvalue weighted by atomic mass is 10.0. The Labute approximate surface area is 270 Å². The smallest absolute Gasteiger partial charge is 0.306 e. The van der Waals surface area contributed by atoms with Crippen molar-refractivity contribution in [3.05, 3.63) is 0 Å². The van der Waals surface area contributed by atoms with Gasteiger partial charge in [0.15, 0.2) is 0 Å². The third kappa shape index (κ3) is 35.7. The summed E-state index contributed by atoms with van der Waals surface area (Å²) in [4.78, 5) is 12.2. The zero-order valence-electron chi connectivity index (χ0n) is 29.5. The lowest BCUT2D eigenvalue weighted by Crippen LogP contribution is -2.27. The number of aliphatic hydroxyl groups excluding tert-OH is 1. The molecular formula is C39H78O4. The molecule has 0 saturated heterocycles. The number of carbonyl (C=O) groups is 1. The second-order valence-electron chi connectivity index (χ2n) is 13.4. The summed E-state index contributed by atoms with van der Waals surface area (Å²) in [5, 5.41) is 9.56. The van der Waals surface area contributed by atoms with Crippen molar-refractivity contribution in [1.82, 2.24) is 0 Å². The Morgan fingerprint density at radius 3 is 1.09 bits per heavy atom. The summed E-state index contributed by atoms with van der Waals surface area (Å²) in [6.45, 7) is 5.39. The van der Waals surface area contributed by atoms with E-state index in [2.05, 4.69) is 13.8 Å². The van der Waals surface area contributed by atoms with Gasteiger partial charge < -0.3 is 14.6 Å². The second kappa shape index (κ2) is 37.6. The predicted molar refractivity (Wildman–Crippen MR) is 187 cm³/mol. The topological polar surface area (TPSA) is 55.8 Å². The van der Waals surface area contributed by atoms with E-state index in [1.165, 1.54) is 180 Å². The van der Waals surface area contributed by atoms with Crippen molar-refractivity contribution in [2.75, 3.05) is 19.8 Å². The van der Waals surface area contributed by atoms with Crippen molar-refractivity contribution < 1.29 is 19.4 Å². The van der Waals surface area contributed by atoms with Crippen molar-refractivity contribution in [3.63, 3.8) is 0 Å². The van der Waals surface area contributed by atoms with E-state index in [9.17, 15) is 9.90 Å². The molecule has 0 rings (SSSR count). The third-order valence-corrected chi connectivity index (χ3v) is 8.93. The van der Waals surface area contributed by atoms with E-state index in [0.717, 1.165) is 19.3 Å². The molecule has 43 heavy (non-hydrogen) atoms. The molecule has 0 heterocycles. The van der Waals surface area contributed by atoms with Gasteiger partial charge in [-0.05, 0) is 12.8 Å². The van der Waals surface area contributed by atoms with Crippen LogP contribution in [0.25, 0.3) is 0 Å². The van der Waals surface area contributed by atoms with Crippen LogP contribution >= 0.6 is 0 Å². The van der Waals surface area contributed by atoms with Gasteiger partial charge in [-0.2, -0.15) is 0 Å². The molecule has 1 N–H and O–H groups in total. The Morgan fingerprint density at radius 1 is 0.465 bits per heavy atom. The molecular weight excluding hydrogens is 532 g/mol. The van der Waals surface area contributed by atoms with Crippen LogP contribution in [0.5, 0.6) is 0 Å². The number of aliphatic hydroxyl groups is 1. The second-order valence-corrected chi connectivity index (χ2v) is 13.4. The van der Waals surface area contributed by atoms with Crippen LogP contribution in [0, 0.1) is 0 Å². The van der Waals surface area contributed by atoms with E-state index in [-0.39, 0.29) is 12.6 Å². The molecule has 0 aliphatic heterocycles. The normalized spacial score (nSPS) is 12.2. The van der Waals surface area contributed by atoms with Gasteiger partial charge >= 0.3 is 5.97 Å². The van der Waals surface area contributed by atoms with Crippen LogP contribution in [0.4, 0.5) is 0 Å². The van der Waals surface area contributed by atoms with Gasteiger partial charge in [0.05, 0.1) is 13.2 Å². The summed E-state index contributed by atoms with van der Waals surface area (Å²) in [5.41, 5.74) is 0. The van der Waals surface area contributed by atoms with Crippen LogP contribution < -0.4 is 0 Å². The van der Waals surface area contributed by atoms with Crippen LogP contribution in [-0.2, 0) is 14.3 Å². The molecule has 0 aliphatic carbocycles. The first-order chi connectivity index (χ1) is 21.2. The van der Waals surface area contributed by atoms with Crippen LogP contribution in [0.1, 0.15) is 219 Å². The molecule has 4 nitrogen and oxygen atoms in total. The van der Waals surface area contributed by atoms with E-state index in [1.807, 2.05) is 0 Å². The van der Waals surface area contributed by atoms with Gasteiger partial charge in [-0.1, -0.05) is 200 Å². The molecule has 0 aromatic carbocycles. The van der Waals surface area contributed by atoms with Crippen molar-refractivity contribution >= 4 is 5.97 Å². The van der Waals surface area contributed by atoms with Crippen LogP contribution in [0.3, 0.4) is 0 Å². The molecule has 0 aliphatic rings. The summed E-state index contributed by atoms with van der Waals surface area (Å²) in [6, 6.07) is 0. The number of rotatable bonds is 37. The van der Waals surface area contributed by atoms with Gasteiger partial charge in [0, 0.05) is 13.0 Å². The standard InChI is InChI=1S/C39H78O4/c1-3-5-7-9-11-13-15-17-19-20-21-22-24-26-28-30-32-34-39(41)43-38(36-40)37-42-35-33-31-29-27-25-23-18-16-14-12-10-8-6-4-2/h38,40H,3-37H2,1-2H3/t38-/m0/s1. The van der Waals surface area contributed by atoms with E-state index in [4.69, 9.17) is 9.47 Å². The minimum absolute atomic E-state index is 0.163. The highest BCUT2D eigenvalue weighted by molar-refractivity contribution is 5.69. The fraction of sp³-hybridized carbons (Fsp3) is 0.974. The molecule has 0 unspecified atom stereocenters. The maximum absolute atomic E-state index is 12.2. The van der Waals surface area contributed by atoms with Crippen molar-refractivity contribution in [3.8, 4) is 0 Å². The first-order valence-corrected chi connectivity index (χ1v) is 19.6. The highest BCUT2D eigenvalue weighted by Crippen LogP contribution is 2.15. The van der Waals surface area contributed by atoms with Crippen molar-refractivity contribution in [2.45, 2.75) is 225 Å². The van der Waals surface area contributed by atoms with Gasteiger partial charge in [-0.15, -0.1) is 0 Å². The molecule has 4 heteroatoms. The first kappa shape index (κ1) is 42.4. The Hall–Kier alpha value is -0.610. The number of unbranched alkanes of at least 4 members (excludes halogenated alkanes) is 29. The molecule has 0 bridgehead atoms. The molecule has 0 saturated carbocycles. The number of hydrogen-bond donors (Lipinski definition) is 1. The number of carbonyl (C=O) groups excluding carboxylic acids is 1. The Morgan fingerprint density at radius 2 is 0.767 bits per heavy atom. The van der Waals surface area contributed by atoms with Gasteiger partial charge in [-0.3, -0.25) is 4.79 Å². The Bertz CT molecular complexity index is 523. The third-order valence-electron chi connectivity index (χ3n) is 8.93. The molecule has 0 aromatic rings. The molecule has 0 fully saturated rings. The van der Waals surface area contributed by atoms with Crippen molar-refractivity contribution in [2.24, 2.45) is 0 Å². The van der Waals surface area contributed by atoms with Gasteiger partial charge in [0.1, 0.15) is 6.10 Å². The fourth-order valence-corrected chi connectivity index (χ4v) is 5.98. The lowest BCUT2D eigenvalue weighted by Gasteiger charge is -2.16. The summed E-state index contributed by atoms with van der Waals surface area (Å²) >= 11 is 0. The maximum atomic E-state index is 12.2. The Balaban J connectivity index is 3.37. The van der Waals surface area contributed by atoms with E-state index >= 15 is 0 Å². The monoisotopic (exact) mass is 611 g/mol. The summed E-state index contributed by atoms with van der Waals surface area (Å²) < 4.78 is 11.1. The van der Waals surface area contributed by atoms with Crippen LogP contribution in [0.2, 0.25) is 0 Å². The largest absolute Gasteiger partial charge is 0.457 e. The van der Waals surface area contributed by atoms with Crippen LogP contribution in [-0.4, -0.2) is 37.0 Å². The zero-order valence-corrected chi connectivity index (χ0v) is 29.5. The van der Waals surface area contributed by atoms with E-state index in [1.54, 1.807) is 0 Å².